The van der Waals surface area contributed by atoms with Crippen LogP contribution in [0.25, 0.3) is 23.5 Å². The molecule has 24 heavy (non-hydrogen) atoms. The molecule has 0 N–H and O–H groups in total. The van der Waals surface area contributed by atoms with Gasteiger partial charge in [-0.2, -0.15) is 0 Å². The van der Waals surface area contributed by atoms with E-state index in [0.29, 0.717) is 23.3 Å². The van der Waals surface area contributed by atoms with Crippen molar-refractivity contribution >= 4 is 18.1 Å². The van der Waals surface area contributed by atoms with Gasteiger partial charge in [0.1, 0.15) is 6.61 Å². The van der Waals surface area contributed by atoms with E-state index in [4.69, 9.17) is 14.2 Å². The number of pyridine rings is 1. The smallest absolute Gasteiger partial charge is 0.234 e. The number of hydrogen-bond donors (Lipinski definition) is 0. The summed E-state index contributed by atoms with van der Waals surface area (Å²) in [7, 11) is 2.97. The van der Waals surface area contributed by atoms with Crippen LogP contribution >= 0.6 is 0 Å². The first-order valence-electron chi connectivity index (χ1n) is 7.53. The van der Waals surface area contributed by atoms with Gasteiger partial charge >= 0.3 is 0 Å². The minimum Gasteiger partial charge on any atom is -0.494 e. The lowest BCUT2D eigenvalue weighted by Gasteiger charge is -2.18. The zero-order valence-corrected chi connectivity index (χ0v) is 13.3. The number of aromatic nitrogens is 1. The molecule has 1 aliphatic carbocycles. The zero-order valence-electron chi connectivity index (χ0n) is 13.3. The van der Waals surface area contributed by atoms with Gasteiger partial charge in [0.2, 0.25) is 11.5 Å². The zero-order chi connectivity index (χ0) is 16.7. The quantitative estimate of drug-likeness (QED) is 0.857. The highest BCUT2D eigenvalue weighted by molar-refractivity contribution is 6.14. The fourth-order valence-electron chi connectivity index (χ4n) is 3.11. The SMILES string of the molecule is COC1=C(OC)C(=O)c2c(-c3ccccc3)c3c(nc2=C1)COC=3. The van der Waals surface area contributed by atoms with Crippen molar-refractivity contribution in [2.75, 3.05) is 14.2 Å². The summed E-state index contributed by atoms with van der Waals surface area (Å²) < 4.78 is 16.0. The first-order valence-corrected chi connectivity index (χ1v) is 7.53. The van der Waals surface area contributed by atoms with Crippen molar-refractivity contribution in [2.45, 2.75) is 6.61 Å². The molecule has 0 fully saturated rings. The topological polar surface area (TPSA) is 57.7 Å². The Balaban J connectivity index is 2.12. The van der Waals surface area contributed by atoms with Crippen molar-refractivity contribution in [3.8, 4) is 11.1 Å². The summed E-state index contributed by atoms with van der Waals surface area (Å²) in [6.45, 7) is 0.396. The molecule has 0 radical (unpaired) electrons. The van der Waals surface area contributed by atoms with E-state index >= 15 is 0 Å². The summed E-state index contributed by atoms with van der Waals surface area (Å²) >= 11 is 0. The standard InChI is InChI=1S/C19H15NO4/c1-22-15-8-13-17(18(21)19(15)23-2)16(11-6-4-3-5-7-11)12-9-24-10-14(12)20-13/h3-9H,10H2,1-2H3. The highest BCUT2D eigenvalue weighted by Gasteiger charge is 2.30. The molecular formula is C19H15NO4. The fourth-order valence-corrected chi connectivity index (χ4v) is 3.11. The van der Waals surface area contributed by atoms with E-state index in [1.54, 1.807) is 12.3 Å². The van der Waals surface area contributed by atoms with Crippen LogP contribution in [0.5, 0.6) is 0 Å². The van der Waals surface area contributed by atoms with E-state index < -0.39 is 0 Å². The average molecular weight is 321 g/mol. The summed E-state index contributed by atoms with van der Waals surface area (Å²) in [5.74, 6) is 0.327. The van der Waals surface area contributed by atoms with Gasteiger partial charge in [-0.05, 0) is 5.56 Å². The monoisotopic (exact) mass is 321 g/mol. The largest absolute Gasteiger partial charge is 0.494 e. The normalized spacial score (nSPS) is 15.0. The Labute approximate surface area is 138 Å². The van der Waals surface area contributed by atoms with Crippen LogP contribution in [-0.2, 0) is 20.8 Å². The molecule has 1 aliphatic heterocycles. The Kier molecular flexibility index (Phi) is 3.34. The molecule has 2 heterocycles. The summed E-state index contributed by atoms with van der Waals surface area (Å²) in [5.41, 5.74) is 3.08. The molecule has 120 valence electrons. The maximum absolute atomic E-state index is 13.0. The molecular weight excluding hydrogens is 306 g/mol. The number of allylic oxidation sites excluding steroid dienone is 2. The number of Topliss-reactive ketones (excluding diaryl/α,β-unsaturated/α-hetero) is 1. The third-order valence-electron chi connectivity index (χ3n) is 4.17. The summed E-state index contributed by atoms with van der Waals surface area (Å²) in [6, 6.07) is 9.76. The van der Waals surface area contributed by atoms with E-state index in [2.05, 4.69) is 4.98 Å². The Morgan fingerprint density at radius 3 is 2.58 bits per heavy atom. The van der Waals surface area contributed by atoms with Crippen molar-refractivity contribution in [3.05, 3.63) is 63.7 Å². The highest BCUT2D eigenvalue weighted by atomic mass is 16.5. The van der Waals surface area contributed by atoms with Gasteiger partial charge < -0.3 is 14.2 Å². The number of rotatable bonds is 3. The lowest BCUT2D eigenvalue weighted by atomic mass is 9.92. The first-order chi connectivity index (χ1) is 11.7. The van der Waals surface area contributed by atoms with Crippen molar-refractivity contribution in [2.24, 2.45) is 0 Å². The molecule has 0 atom stereocenters. The van der Waals surface area contributed by atoms with Gasteiger partial charge in [-0.15, -0.1) is 0 Å². The third kappa shape index (κ3) is 2.01. The predicted octanol–water partition coefficient (Wildman–Crippen LogP) is 1.50. The first kappa shape index (κ1) is 14.5. The molecule has 0 amide bonds. The van der Waals surface area contributed by atoms with E-state index in [0.717, 1.165) is 22.0 Å². The van der Waals surface area contributed by atoms with Crippen LogP contribution in [0, 0.1) is 0 Å². The minimum atomic E-state index is -0.235. The highest BCUT2D eigenvalue weighted by Crippen LogP contribution is 2.26. The number of carbonyl (C=O) groups is 1. The van der Waals surface area contributed by atoms with Gasteiger partial charge in [0.25, 0.3) is 0 Å². The van der Waals surface area contributed by atoms with Gasteiger partial charge in [-0.3, -0.25) is 4.79 Å². The second kappa shape index (κ2) is 5.53. The van der Waals surface area contributed by atoms with Crippen molar-refractivity contribution in [1.29, 1.82) is 0 Å². The number of methoxy groups -OCH3 is 2. The predicted molar refractivity (Wildman–Crippen MR) is 88.0 cm³/mol. The molecule has 5 nitrogen and oxygen atoms in total. The van der Waals surface area contributed by atoms with E-state index in [1.807, 2.05) is 30.3 Å². The number of ketones is 1. The second-order valence-electron chi connectivity index (χ2n) is 5.48. The van der Waals surface area contributed by atoms with Crippen LogP contribution in [0.4, 0.5) is 0 Å². The van der Waals surface area contributed by atoms with Gasteiger partial charge in [0.05, 0.1) is 37.1 Å². The molecule has 5 heteroatoms. The molecule has 2 aliphatic rings. The average Bonchev–Trinajstić information content (AvgIpc) is 3.08. The summed E-state index contributed by atoms with van der Waals surface area (Å²) in [5, 5.41) is 1.42. The maximum atomic E-state index is 13.0. The number of nitrogens with zero attached hydrogens (tertiary/aromatic N) is 1. The third-order valence-corrected chi connectivity index (χ3v) is 4.17. The van der Waals surface area contributed by atoms with Crippen molar-refractivity contribution < 1.29 is 19.0 Å². The van der Waals surface area contributed by atoms with Crippen molar-refractivity contribution in [1.82, 2.24) is 4.98 Å². The van der Waals surface area contributed by atoms with Crippen LogP contribution in [0.2, 0.25) is 0 Å². The molecule has 0 saturated carbocycles. The summed E-state index contributed by atoms with van der Waals surface area (Å²) in [6.07, 6.45) is 3.40. The van der Waals surface area contributed by atoms with Gasteiger partial charge in [-0.1, -0.05) is 30.3 Å². The number of carbonyl (C=O) groups excluding carboxylic acids is 1. The minimum absolute atomic E-state index is 0.183. The molecule has 0 saturated heterocycles. The maximum Gasteiger partial charge on any atom is 0.234 e. The number of hydrogen-bond acceptors (Lipinski definition) is 5. The number of ether oxygens (including phenoxy) is 3. The van der Waals surface area contributed by atoms with E-state index in [1.165, 1.54) is 14.2 Å². The van der Waals surface area contributed by atoms with Crippen LogP contribution in [0.1, 0.15) is 16.1 Å². The van der Waals surface area contributed by atoms with Crippen molar-refractivity contribution in [3.63, 3.8) is 0 Å². The van der Waals surface area contributed by atoms with Gasteiger partial charge in [-0.25, -0.2) is 4.98 Å². The Hall–Kier alpha value is -3.08. The van der Waals surface area contributed by atoms with E-state index in [9.17, 15) is 4.79 Å². The summed E-state index contributed by atoms with van der Waals surface area (Å²) in [4.78, 5) is 17.6. The lowest BCUT2D eigenvalue weighted by molar-refractivity contribution is 0.0930. The van der Waals surface area contributed by atoms with Crippen LogP contribution in [-0.4, -0.2) is 25.0 Å². The molecule has 0 spiro atoms. The Morgan fingerprint density at radius 2 is 1.88 bits per heavy atom. The fraction of sp³-hybridized carbons (Fsp3) is 0.158. The molecule has 4 rings (SSSR count). The Bertz CT molecular complexity index is 990. The molecule has 0 unspecified atom stereocenters. The van der Waals surface area contributed by atoms with Gasteiger partial charge in [0, 0.05) is 16.9 Å². The Morgan fingerprint density at radius 1 is 1.08 bits per heavy atom. The molecule has 1 aromatic carbocycles. The van der Waals surface area contributed by atoms with Crippen LogP contribution < -0.4 is 10.6 Å². The van der Waals surface area contributed by atoms with E-state index in [-0.39, 0.29) is 11.5 Å². The number of fused-ring (bicyclic) bond motifs is 2. The molecule has 0 bridgehead atoms. The lowest BCUT2D eigenvalue weighted by Crippen LogP contribution is -2.33. The second-order valence-corrected chi connectivity index (χ2v) is 5.48. The number of benzene rings is 1. The molecule has 1 aromatic heterocycles. The molecule has 2 aromatic rings. The van der Waals surface area contributed by atoms with Crippen LogP contribution in [0.3, 0.4) is 0 Å². The van der Waals surface area contributed by atoms with Crippen LogP contribution in [0.15, 0.2) is 41.9 Å². The van der Waals surface area contributed by atoms with Gasteiger partial charge in [0.15, 0.2) is 5.76 Å².